The average molecular weight is 495 g/mol. The van der Waals surface area contributed by atoms with Crippen LogP contribution in [0.5, 0.6) is 0 Å². The lowest BCUT2D eigenvalue weighted by atomic mass is 9.86. The van der Waals surface area contributed by atoms with E-state index in [1.807, 2.05) is 52.0 Å². The number of carbonyl (C=O) groups excluding carboxylic acids is 1. The first-order valence-electron chi connectivity index (χ1n) is 11.2. The highest BCUT2D eigenvalue weighted by molar-refractivity contribution is 6.22. The van der Waals surface area contributed by atoms with Crippen molar-refractivity contribution in [1.29, 1.82) is 0 Å². The first kappa shape index (κ1) is 24.2. The summed E-state index contributed by atoms with van der Waals surface area (Å²) in [6.07, 6.45) is 3.48. The van der Waals surface area contributed by atoms with Crippen molar-refractivity contribution in [2.24, 2.45) is 0 Å². The maximum Gasteiger partial charge on any atom is 0.150 e. The SMILES string of the molecule is Cc1ccc(C)n1-c1ccc(C(CCl)C(=O)C(CCl)c2ccc(-n3c(C)ccc3C)nc2)cn1. The molecule has 7 heteroatoms. The molecule has 0 aliphatic heterocycles. The number of aryl methyl sites for hydroxylation is 4. The van der Waals surface area contributed by atoms with Crippen LogP contribution in [0.3, 0.4) is 0 Å². The van der Waals surface area contributed by atoms with Crippen LogP contribution in [-0.4, -0.2) is 36.6 Å². The molecule has 5 nitrogen and oxygen atoms in total. The maximum atomic E-state index is 13.5. The average Bonchev–Trinajstić information content (AvgIpc) is 3.35. The third-order valence-electron chi connectivity index (χ3n) is 6.34. The number of Topliss-reactive ketones (excluding diaryl/α,β-unsaturated/α-hetero) is 1. The third kappa shape index (κ3) is 4.55. The summed E-state index contributed by atoms with van der Waals surface area (Å²) in [5, 5.41) is 0. The number of aromatic nitrogens is 4. The summed E-state index contributed by atoms with van der Waals surface area (Å²) in [5.41, 5.74) is 5.98. The molecule has 0 aliphatic rings. The Morgan fingerprint density at radius 3 is 1.29 bits per heavy atom. The van der Waals surface area contributed by atoms with Crippen LogP contribution in [0.2, 0.25) is 0 Å². The molecule has 0 saturated carbocycles. The van der Waals surface area contributed by atoms with Crippen molar-refractivity contribution in [2.75, 3.05) is 11.8 Å². The van der Waals surface area contributed by atoms with Gasteiger partial charge in [-0.2, -0.15) is 0 Å². The minimum atomic E-state index is -0.507. The van der Waals surface area contributed by atoms with Crippen LogP contribution in [0.15, 0.2) is 60.9 Å². The van der Waals surface area contributed by atoms with Crippen LogP contribution in [0.1, 0.15) is 45.7 Å². The molecule has 0 amide bonds. The van der Waals surface area contributed by atoms with E-state index in [2.05, 4.69) is 43.4 Å². The van der Waals surface area contributed by atoms with Gasteiger partial charge in [0.15, 0.2) is 0 Å². The highest BCUT2D eigenvalue weighted by atomic mass is 35.5. The number of hydrogen-bond acceptors (Lipinski definition) is 3. The van der Waals surface area contributed by atoms with E-state index in [1.54, 1.807) is 12.4 Å². The molecule has 0 aliphatic carbocycles. The van der Waals surface area contributed by atoms with E-state index in [4.69, 9.17) is 23.2 Å². The van der Waals surface area contributed by atoms with Crippen LogP contribution in [0.25, 0.3) is 11.6 Å². The lowest BCUT2D eigenvalue weighted by Crippen LogP contribution is -2.24. The summed E-state index contributed by atoms with van der Waals surface area (Å²) in [5.74, 6) is 0.891. The monoisotopic (exact) mass is 494 g/mol. The van der Waals surface area contributed by atoms with Crippen LogP contribution in [-0.2, 0) is 4.79 Å². The summed E-state index contributed by atoms with van der Waals surface area (Å²) in [6.45, 7) is 8.15. The van der Waals surface area contributed by atoms with E-state index in [0.717, 1.165) is 45.5 Å². The molecule has 34 heavy (non-hydrogen) atoms. The Hall–Kier alpha value is -2.89. The van der Waals surface area contributed by atoms with Gasteiger partial charge in [-0.05, 0) is 75.2 Å². The number of rotatable bonds is 8. The molecule has 0 spiro atoms. The van der Waals surface area contributed by atoms with Crippen LogP contribution in [0.4, 0.5) is 0 Å². The van der Waals surface area contributed by atoms with E-state index in [1.165, 1.54) is 0 Å². The predicted molar refractivity (Wildman–Crippen MR) is 138 cm³/mol. The lowest BCUT2D eigenvalue weighted by molar-refractivity contribution is -0.121. The number of nitrogens with zero attached hydrogens (tertiary/aromatic N) is 4. The van der Waals surface area contributed by atoms with Crippen LogP contribution < -0.4 is 0 Å². The molecular formula is C27H28Cl2N4O. The topological polar surface area (TPSA) is 52.7 Å². The number of carbonyl (C=O) groups is 1. The molecule has 0 bridgehead atoms. The van der Waals surface area contributed by atoms with E-state index >= 15 is 0 Å². The molecule has 4 aromatic rings. The van der Waals surface area contributed by atoms with Gasteiger partial charge in [-0.1, -0.05) is 12.1 Å². The molecule has 0 N–H and O–H groups in total. The Bertz CT molecular complexity index is 1150. The number of halogens is 2. The minimum absolute atomic E-state index is 0.0317. The Labute approximate surface area is 210 Å². The van der Waals surface area contributed by atoms with Crippen molar-refractivity contribution in [3.63, 3.8) is 0 Å². The smallest absolute Gasteiger partial charge is 0.150 e. The molecule has 2 atom stereocenters. The zero-order chi connectivity index (χ0) is 24.4. The second-order valence-corrected chi connectivity index (χ2v) is 9.24. The predicted octanol–water partition coefficient (Wildman–Crippen LogP) is 6.21. The zero-order valence-electron chi connectivity index (χ0n) is 19.8. The summed E-state index contributed by atoms with van der Waals surface area (Å²) >= 11 is 12.6. The highest BCUT2D eigenvalue weighted by Crippen LogP contribution is 2.29. The largest absolute Gasteiger partial charge is 0.303 e. The van der Waals surface area contributed by atoms with Crippen LogP contribution in [0, 0.1) is 27.7 Å². The van der Waals surface area contributed by atoms with Crippen molar-refractivity contribution in [2.45, 2.75) is 39.5 Å². The highest BCUT2D eigenvalue weighted by Gasteiger charge is 2.29. The molecule has 2 unspecified atom stereocenters. The molecule has 0 fully saturated rings. The van der Waals surface area contributed by atoms with Crippen molar-refractivity contribution in [3.05, 3.63) is 94.8 Å². The standard InChI is InChI=1S/C27H28Cl2N4O/c1-17-5-6-18(2)32(17)25-11-9-21(15-30-25)23(13-28)27(34)24(14-29)22-10-12-26(31-16-22)33-19(3)7-8-20(33)4/h5-12,15-16,23-24H,13-14H2,1-4H3. The fourth-order valence-electron chi connectivity index (χ4n) is 4.43. The second kappa shape index (κ2) is 10.2. The zero-order valence-corrected chi connectivity index (χ0v) is 21.3. The van der Waals surface area contributed by atoms with E-state index in [-0.39, 0.29) is 17.5 Å². The van der Waals surface area contributed by atoms with E-state index in [9.17, 15) is 4.79 Å². The van der Waals surface area contributed by atoms with Gasteiger partial charge in [-0.3, -0.25) is 4.79 Å². The Morgan fingerprint density at radius 2 is 1.03 bits per heavy atom. The second-order valence-electron chi connectivity index (χ2n) is 8.62. The van der Waals surface area contributed by atoms with Gasteiger partial charge in [0, 0.05) is 46.9 Å². The first-order valence-corrected chi connectivity index (χ1v) is 12.3. The fourth-order valence-corrected chi connectivity index (χ4v) is 5.09. The normalized spacial score (nSPS) is 13.1. The van der Waals surface area contributed by atoms with Gasteiger partial charge in [-0.25, -0.2) is 9.97 Å². The molecule has 176 valence electrons. The van der Waals surface area contributed by atoms with Crippen molar-refractivity contribution >= 4 is 29.0 Å². The van der Waals surface area contributed by atoms with Crippen molar-refractivity contribution in [3.8, 4) is 11.6 Å². The molecule has 4 rings (SSSR count). The third-order valence-corrected chi connectivity index (χ3v) is 6.96. The Morgan fingerprint density at radius 1 is 0.676 bits per heavy atom. The number of ketones is 1. The molecule has 0 radical (unpaired) electrons. The molecule has 0 saturated heterocycles. The summed E-state index contributed by atoms with van der Waals surface area (Å²) in [6, 6.07) is 15.9. The van der Waals surface area contributed by atoms with E-state index < -0.39 is 11.8 Å². The Balaban J connectivity index is 1.58. The molecule has 4 aromatic heterocycles. The fraction of sp³-hybridized carbons (Fsp3) is 0.296. The number of hydrogen-bond donors (Lipinski definition) is 0. The van der Waals surface area contributed by atoms with Crippen LogP contribution >= 0.6 is 23.2 Å². The number of alkyl halides is 2. The van der Waals surface area contributed by atoms with Crippen molar-refractivity contribution in [1.82, 2.24) is 19.1 Å². The van der Waals surface area contributed by atoms with Gasteiger partial charge in [-0.15, -0.1) is 23.2 Å². The van der Waals surface area contributed by atoms with E-state index in [0.29, 0.717) is 0 Å². The molecule has 4 heterocycles. The summed E-state index contributed by atoms with van der Waals surface area (Å²) < 4.78 is 4.15. The van der Waals surface area contributed by atoms with Gasteiger partial charge in [0.25, 0.3) is 0 Å². The molecular weight excluding hydrogens is 467 g/mol. The maximum absolute atomic E-state index is 13.5. The minimum Gasteiger partial charge on any atom is -0.303 e. The quantitative estimate of drug-likeness (QED) is 0.273. The van der Waals surface area contributed by atoms with Gasteiger partial charge < -0.3 is 9.13 Å². The number of pyridine rings is 2. The van der Waals surface area contributed by atoms with Gasteiger partial charge >= 0.3 is 0 Å². The summed E-state index contributed by atoms with van der Waals surface area (Å²) in [4.78, 5) is 22.7. The van der Waals surface area contributed by atoms with Gasteiger partial charge in [0.2, 0.25) is 0 Å². The van der Waals surface area contributed by atoms with Gasteiger partial charge in [0.05, 0.1) is 11.8 Å². The summed E-state index contributed by atoms with van der Waals surface area (Å²) in [7, 11) is 0. The van der Waals surface area contributed by atoms with Crippen molar-refractivity contribution < 1.29 is 4.79 Å². The van der Waals surface area contributed by atoms with Gasteiger partial charge in [0.1, 0.15) is 17.4 Å². The molecule has 0 aromatic carbocycles. The Kier molecular flexibility index (Phi) is 7.24. The lowest BCUT2D eigenvalue weighted by Gasteiger charge is -2.20. The first-order chi connectivity index (χ1) is 16.3.